The van der Waals surface area contributed by atoms with Gasteiger partial charge in [0, 0.05) is 11.9 Å². The van der Waals surface area contributed by atoms with Crippen molar-refractivity contribution in [3.63, 3.8) is 0 Å². The number of thiophene rings is 1. The molecule has 4 rings (SSSR count). The summed E-state index contributed by atoms with van der Waals surface area (Å²) in [4.78, 5) is 32.9. The predicted molar refractivity (Wildman–Crippen MR) is 123 cm³/mol. The van der Waals surface area contributed by atoms with Gasteiger partial charge < -0.3 is 0 Å². The highest BCUT2D eigenvalue weighted by Gasteiger charge is 2.32. The van der Waals surface area contributed by atoms with Crippen LogP contribution in [0, 0.1) is 25.2 Å². The zero-order valence-electron chi connectivity index (χ0n) is 18.1. The molecule has 3 aromatic heterocycles. The molecular formula is C21H26BrN5O2S. The number of carbonyl (C=O) groups is 1. The highest BCUT2D eigenvalue weighted by atomic mass is 79.9. The molecule has 1 N–H and O–H groups in total. The van der Waals surface area contributed by atoms with Crippen LogP contribution >= 0.6 is 27.3 Å². The second-order valence-corrected chi connectivity index (χ2v) is 11.0. The van der Waals surface area contributed by atoms with E-state index in [1.54, 1.807) is 30.0 Å². The first-order chi connectivity index (χ1) is 14.0. The lowest BCUT2D eigenvalue weighted by Gasteiger charge is -2.33. The second kappa shape index (κ2) is 7.30. The zero-order valence-corrected chi connectivity index (χ0v) is 20.5. The Bertz CT molecular complexity index is 1230. The maximum atomic E-state index is 13.4. The molecule has 0 bridgehead atoms. The fourth-order valence-electron chi connectivity index (χ4n) is 4.08. The van der Waals surface area contributed by atoms with Crippen molar-refractivity contribution in [1.29, 1.82) is 0 Å². The number of nitrogens with zero attached hydrogens (tertiary/aromatic N) is 4. The van der Waals surface area contributed by atoms with Gasteiger partial charge in [0.05, 0.1) is 15.6 Å². The Morgan fingerprint density at radius 3 is 2.60 bits per heavy atom. The van der Waals surface area contributed by atoms with Crippen LogP contribution in [0.3, 0.4) is 0 Å². The number of hydrogen-bond donors (Lipinski definition) is 1. The second-order valence-electron chi connectivity index (χ2n) is 9.10. The van der Waals surface area contributed by atoms with Gasteiger partial charge in [0.2, 0.25) is 0 Å². The third-order valence-electron chi connectivity index (χ3n) is 6.16. The summed E-state index contributed by atoms with van der Waals surface area (Å²) < 4.78 is 3.49. The summed E-state index contributed by atoms with van der Waals surface area (Å²) in [7, 11) is 1.77. The van der Waals surface area contributed by atoms with E-state index in [0.717, 1.165) is 35.4 Å². The van der Waals surface area contributed by atoms with Gasteiger partial charge in [-0.25, -0.2) is 9.66 Å². The lowest BCUT2D eigenvalue weighted by molar-refractivity contribution is 0.1000. The maximum absolute atomic E-state index is 13.4. The van der Waals surface area contributed by atoms with Crippen molar-refractivity contribution in [3.8, 4) is 0 Å². The molecule has 1 unspecified atom stereocenters. The minimum absolute atomic E-state index is 0.221. The van der Waals surface area contributed by atoms with E-state index in [0.29, 0.717) is 21.6 Å². The molecule has 1 amide bonds. The molecule has 3 heterocycles. The predicted octanol–water partition coefficient (Wildman–Crippen LogP) is 4.11. The van der Waals surface area contributed by atoms with E-state index in [1.165, 1.54) is 9.55 Å². The molecule has 7 nitrogen and oxygen atoms in total. The van der Waals surface area contributed by atoms with Crippen LogP contribution in [0.25, 0.3) is 10.2 Å². The van der Waals surface area contributed by atoms with Gasteiger partial charge in [0.25, 0.3) is 11.5 Å². The largest absolute Gasteiger partial charge is 0.291 e. The number of rotatable bonds is 2. The molecule has 0 aliphatic heterocycles. The molecule has 0 saturated heterocycles. The summed E-state index contributed by atoms with van der Waals surface area (Å²) in [5.41, 5.74) is 4.89. The third kappa shape index (κ3) is 3.41. The van der Waals surface area contributed by atoms with E-state index in [2.05, 4.69) is 52.2 Å². The summed E-state index contributed by atoms with van der Waals surface area (Å²) in [6, 6.07) is 0. The van der Waals surface area contributed by atoms with Crippen LogP contribution in [0.4, 0.5) is 0 Å². The molecule has 1 atom stereocenters. The fourth-order valence-corrected chi connectivity index (χ4v) is 5.93. The van der Waals surface area contributed by atoms with Gasteiger partial charge in [-0.2, -0.15) is 5.10 Å². The van der Waals surface area contributed by atoms with E-state index in [9.17, 15) is 9.59 Å². The number of carbonyl (C=O) groups excluding carboxylic acids is 1. The number of halogens is 1. The Kier molecular flexibility index (Phi) is 5.17. The summed E-state index contributed by atoms with van der Waals surface area (Å²) in [6.45, 7) is 10.4. The fraction of sp³-hybridized carbons (Fsp3) is 0.524. The quantitative estimate of drug-likeness (QED) is 0.584. The number of hydrogen-bond acceptors (Lipinski definition) is 5. The van der Waals surface area contributed by atoms with E-state index >= 15 is 0 Å². The summed E-state index contributed by atoms with van der Waals surface area (Å²) in [6.07, 6.45) is 2.91. The van der Waals surface area contributed by atoms with E-state index in [-0.39, 0.29) is 16.7 Å². The zero-order chi connectivity index (χ0) is 22.0. The van der Waals surface area contributed by atoms with Crippen molar-refractivity contribution in [2.45, 2.75) is 53.9 Å². The van der Waals surface area contributed by atoms with Crippen molar-refractivity contribution in [2.24, 2.45) is 18.4 Å². The first kappa shape index (κ1) is 21.2. The van der Waals surface area contributed by atoms with Gasteiger partial charge >= 0.3 is 0 Å². The minimum atomic E-state index is -0.450. The van der Waals surface area contributed by atoms with Gasteiger partial charge in [-0.3, -0.25) is 19.7 Å². The Hall–Kier alpha value is -2.00. The smallest absolute Gasteiger partial charge is 0.271 e. The molecule has 0 saturated carbocycles. The normalized spacial score (nSPS) is 16.7. The molecule has 0 radical (unpaired) electrons. The van der Waals surface area contributed by atoms with Crippen molar-refractivity contribution in [2.75, 3.05) is 5.43 Å². The Morgan fingerprint density at radius 1 is 1.30 bits per heavy atom. The van der Waals surface area contributed by atoms with E-state index in [1.807, 2.05) is 6.92 Å². The van der Waals surface area contributed by atoms with Gasteiger partial charge in [-0.05, 0) is 65.9 Å². The molecule has 160 valence electrons. The topological polar surface area (TPSA) is 81.8 Å². The van der Waals surface area contributed by atoms with Crippen molar-refractivity contribution in [1.82, 2.24) is 19.4 Å². The molecule has 3 aromatic rings. The molecule has 0 fully saturated rings. The van der Waals surface area contributed by atoms with Crippen LogP contribution in [-0.4, -0.2) is 25.3 Å². The van der Waals surface area contributed by atoms with Crippen LogP contribution in [-0.2, 0) is 19.9 Å². The number of aryl methyl sites for hydroxylation is 3. The molecule has 30 heavy (non-hydrogen) atoms. The monoisotopic (exact) mass is 491 g/mol. The third-order valence-corrected chi connectivity index (χ3v) is 8.26. The Labute approximate surface area is 187 Å². The summed E-state index contributed by atoms with van der Waals surface area (Å²) >= 11 is 5.03. The number of amides is 1. The van der Waals surface area contributed by atoms with Crippen LogP contribution in [0.5, 0.6) is 0 Å². The van der Waals surface area contributed by atoms with Gasteiger partial charge in [-0.15, -0.1) is 11.3 Å². The molecule has 1 aliphatic rings. The highest BCUT2D eigenvalue weighted by molar-refractivity contribution is 9.10. The first-order valence-corrected chi connectivity index (χ1v) is 11.6. The van der Waals surface area contributed by atoms with Crippen LogP contribution in [0.1, 0.15) is 59.6 Å². The number of fused-ring (bicyclic) bond motifs is 3. The van der Waals surface area contributed by atoms with Gasteiger partial charge in [-0.1, -0.05) is 20.8 Å². The lowest BCUT2D eigenvalue weighted by atomic mass is 9.72. The van der Waals surface area contributed by atoms with E-state index in [4.69, 9.17) is 0 Å². The molecule has 1 aliphatic carbocycles. The van der Waals surface area contributed by atoms with Crippen molar-refractivity contribution in [3.05, 3.63) is 42.5 Å². The van der Waals surface area contributed by atoms with Crippen molar-refractivity contribution >= 4 is 43.4 Å². The summed E-state index contributed by atoms with van der Waals surface area (Å²) in [5, 5.41) is 4.89. The highest BCUT2D eigenvalue weighted by Crippen LogP contribution is 2.42. The van der Waals surface area contributed by atoms with E-state index < -0.39 is 5.91 Å². The standard InChI is InChI=1S/C21H26BrN5O2S/c1-10-16(22)17(24-26(10)6)18(28)25-27-11(2)23-19-15(20(27)29)13-8-7-12(21(3,4)5)9-14(13)30-19/h12H,7-9H2,1-6H3,(H,25,28). The number of aromatic nitrogens is 4. The average molecular weight is 492 g/mol. The van der Waals surface area contributed by atoms with Crippen LogP contribution in [0.15, 0.2) is 9.27 Å². The molecule has 0 aromatic carbocycles. The van der Waals surface area contributed by atoms with Gasteiger partial charge in [0.15, 0.2) is 5.69 Å². The molecule has 9 heteroatoms. The Balaban J connectivity index is 1.75. The lowest BCUT2D eigenvalue weighted by Crippen LogP contribution is -2.36. The first-order valence-electron chi connectivity index (χ1n) is 10.0. The van der Waals surface area contributed by atoms with Crippen molar-refractivity contribution < 1.29 is 4.79 Å². The minimum Gasteiger partial charge on any atom is -0.271 e. The average Bonchev–Trinajstić information content (AvgIpc) is 3.15. The number of nitrogens with one attached hydrogen (secondary N) is 1. The SMILES string of the molecule is Cc1c(Br)c(C(=O)Nn2c(C)nc3sc4c(c3c2=O)CCC(C(C)(C)C)C4)nn1C. The van der Waals surface area contributed by atoms with Crippen LogP contribution < -0.4 is 11.0 Å². The summed E-state index contributed by atoms with van der Waals surface area (Å²) in [5.74, 6) is 0.593. The Morgan fingerprint density at radius 2 is 2.00 bits per heavy atom. The molecular weight excluding hydrogens is 466 g/mol. The maximum Gasteiger partial charge on any atom is 0.291 e. The van der Waals surface area contributed by atoms with Crippen LogP contribution in [0.2, 0.25) is 0 Å². The molecule has 0 spiro atoms. The van der Waals surface area contributed by atoms with Gasteiger partial charge in [0.1, 0.15) is 10.7 Å².